The summed E-state index contributed by atoms with van der Waals surface area (Å²) in [5.41, 5.74) is 1.95. The van der Waals surface area contributed by atoms with E-state index in [1.165, 1.54) is 23.3 Å². The maximum Gasteiger partial charge on any atom is 0.225 e. The Morgan fingerprint density at radius 2 is 1.95 bits per heavy atom. The van der Waals surface area contributed by atoms with E-state index in [1.807, 2.05) is 12.1 Å². The second kappa shape index (κ2) is 5.41. The molecular weight excluding hydrogens is 318 g/mol. The molecule has 2 aromatic heterocycles. The van der Waals surface area contributed by atoms with Crippen LogP contribution in [0.25, 0.3) is 10.2 Å². The number of para-hydroxylation sites is 2. The van der Waals surface area contributed by atoms with Crippen molar-refractivity contribution >= 4 is 44.7 Å². The molecule has 0 bridgehead atoms. The first kappa shape index (κ1) is 13.8. The number of benzene rings is 1. The summed E-state index contributed by atoms with van der Waals surface area (Å²) in [6.45, 7) is 0. The highest BCUT2D eigenvalue weighted by Crippen LogP contribution is 2.40. The van der Waals surface area contributed by atoms with Gasteiger partial charge in [-0.2, -0.15) is 4.98 Å². The summed E-state index contributed by atoms with van der Waals surface area (Å²) in [6.07, 6.45) is 4.57. The second-order valence-corrected chi connectivity index (χ2v) is 6.80. The third-order valence-electron chi connectivity index (χ3n) is 3.94. The molecule has 0 unspecified atom stereocenters. The van der Waals surface area contributed by atoms with Gasteiger partial charge in [-0.1, -0.05) is 12.1 Å². The number of hydrogen-bond donors (Lipinski definition) is 2. The number of nitrogens with one attached hydrogen (secondary N) is 1. The standard InChI is InChI=1S/C16H14ClN3OS/c17-16-19-14(18-10-6-2-3-7-11(10)21)13-9-5-1-4-8-12(9)22-15(13)20-16/h2-3,6-7,21H,1,4-5,8H2,(H,18,19,20). The summed E-state index contributed by atoms with van der Waals surface area (Å²) in [4.78, 5) is 11.0. The summed E-state index contributed by atoms with van der Waals surface area (Å²) >= 11 is 7.78. The SMILES string of the molecule is Oc1ccccc1Nc1nc(Cl)nc2sc3c(c12)CCCC3. The third kappa shape index (κ3) is 2.30. The molecule has 0 saturated heterocycles. The van der Waals surface area contributed by atoms with Crippen molar-refractivity contribution in [1.82, 2.24) is 9.97 Å². The van der Waals surface area contributed by atoms with Crippen molar-refractivity contribution in [3.8, 4) is 5.75 Å². The molecule has 4 rings (SSSR count). The third-order valence-corrected chi connectivity index (χ3v) is 5.30. The van der Waals surface area contributed by atoms with Crippen LogP contribution >= 0.6 is 22.9 Å². The molecule has 0 radical (unpaired) electrons. The van der Waals surface area contributed by atoms with Gasteiger partial charge in [-0.15, -0.1) is 11.3 Å². The van der Waals surface area contributed by atoms with Crippen molar-refractivity contribution in [1.29, 1.82) is 0 Å². The minimum absolute atomic E-state index is 0.189. The fourth-order valence-corrected chi connectivity index (χ4v) is 4.41. The van der Waals surface area contributed by atoms with Crippen molar-refractivity contribution < 1.29 is 5.11 Å². The minimum atomic E-state index is 0.189. The van der Waals surface area contributed by atoms with E-state index in [0.717, 1.165) is 23.1 Å². The first-order chi connectivity index (χ1) is 10.7. The molecular formula is C16H14ClN3OS. The molecule has 1 aromatic carbocycles. The molecule has 6 heteroatoms. The molecule has 112 valence electrons. The lowest BCUT2D eigenvalue weighted by atomic mass is 9.97. The van der Waals surface area contributed by atoms with Gasteiger partial charge in [-0.25, -0.2) is 4.98 Å². The minimum Gasteiger partial charge on any atom is -0.506 e. The maximum absolute atomic E-state index is 9.97. The highest BCUT2D eigenvalue weighted by Gasteiger charge is 2.21. The Kier molecular flexibility index (Phi) is 3.39. The monoisotopic (exact) mass is 331 g/mol. The Morgan fingerprint density at radius 3 is 2.82 bits per heavy atom. The van der Waals surface area contributed by atoms with Crippen LogP contribution in [0.1, 0.15) is 23.3 Å². The van der Waals surface area contributed by atoms with Gasteiger partial charge in [-0.3, -0.25) is 0 Å². The lowest BCUT2D eigenvalue weighted by Gasteiger charge is -2.13. The molecule has 1 aliphatic carbocycles. The zero-order chi connectivity index (χ0) is 15.1. The summed E-state index contributed by atoms with van der Waals surface area (Å²) in [5.74, 6) is 0.866. The molecule has 1 aliphatic rings. The van der Waals surface area contributed by atoms with Crippen molar-refractivity contribution in [2.24, 2.45) is 0 Å². The first-order valence-corrected chi connectivity index (χ1v) is 8.44. The van der Waals surface area contributed by atoms with Crippen LogP contribution in [-0.4, -0.2) is 15.1 Å². The summed E-state index contributed by atoms with van der Waals surface area (Å²) < 4.78 is 0. The molecule has 4 nitrogen and oxygen atoms in total. The van der Waals surface area contributed by atoms with Gasteiger partial charge in [0.15, 0.2) is 0 Å². The van der Waals surface area contributed by atoms with Crippen molar-refractivity contribution in [2.75, 3.05) is 5.32 Å². The molecule has 0 fully saturated rings. The summed E-state index contributed by atoms with van der Waals surface area (Å²) in [6, 6.07) is 7.11. The quantitative estimate of drug-likeness (QED) is 0.529. The van der Waals surface area contributed by atoms with E-state index in [4.69, 9.17) is 11.6 Å². The van der Waals surface area contributed by atoms with Gasteiger partial charge < -0.3 is 10.4 Å². The summed E-state index contributed by atoms with van der Waals surface area (Å²) in [7, 11) is 0. The Bertz CT molecular complexity index is 862. The molecule has 0 spiro atoms. The van der Waals surface area contributed by atoms with Crippen molar-refractivity contribution in [3.05, 3.63) is 40.0 Å². The molecule has 0 saturated carbocycles. The van der Waals surface area contributed by atoms with Gasteiger partial charge in [0.2, 0.25) is 5.28 Å². The number of nitrogens with zero attached hydrogens (tertiary/aromatic N) is 2. The number of fused-ring (bicyclic) bond motifs is 3. The lowest BCUT2D eigenvalue weighted by Crippen LogP contribution is -2.01. The fraction of sp³-hybridized carbons (Fsp3) is 0.250. The van der Waals surface area contributed by atoms with Gasteiger partial charge in [0.1, 0.15) is 16.4 Å². The maximum atomic E-state index is 9.97. The van der Waals surface area contributed by atoms with Crippen molar-refractivity contribution in [3.63, 3.8) is 0 Å². The number of thiophene rings is 1. The van der Waals surface area contributed by atoms with Gasteiger partial charge in [-0.05, 0) is 55.0 Å². The normalized spacial score (nSPS) is 14.0. The topological polar surface area (TPSA) is 58.0 Å². The van der Waals surface area contributed by atoms with Crippen LogP contribution in [0, 0.1) is 0 Å². The van der Waals surface area contributed by atoms with Crippen LogP contribution in [0.3, 0.4) is 0 Å². The van der Waals surface area contributed by atoms with E-state index >= 15 is 0 Å². The number of aryl methyl sites for hydroxylation is 2. The fourth-order valence-electron chi connectivity index (χ4n) is 2.93. The van der Waals surface area contributed by atoms with Crippen LogP contribution in [-0.2, 0) is 12.8 Å². The average Bonchev–Trinajstić information content (AvgIpc) is 2.87. The van der Waals surface area contributed by atoms with Gasteiger partial charge >= 0.3 is 0 Å². The molecule has 3 aromatic rings. The Balaban J connectivity index is 1.89. The predicted octanol–water partition coefficient (Wildman–Crippen LogP) is 4.67. The number of hydrogen-bond acceptors (Lipinski definition) is 5. The van der Waals surface area contributed by atoms with Crippen LogP contribution in [0.2, 0.25) is 5.28 Å². The molecule has 0 aliphatic heterocycles. The predicted molar refractivity (Wildman–Crippen MR) is 90.5 cm³/mol. The van der Waals surface area contributed by atoms with Crippen molar-refractivity contribution in [2.45, 2.75) is 25.7 Å². The van der Waals surface area contributed by atoms with E-state index in [1.54, 1.807) is 23.5 Å². The van der Waals surface area contributed by atoms with E-state index in [9.17, 15) is 5.11 Å². The van der Waals surface area contributed by atoms with E-state index in [0.29, 0.717) is 11.5 Å². The number of aromatic nitrogens is 2. The molecule has 2 N–H and O–H groups in total. The Hall–Kier alpha value is -1.85. The zero-order valence-electron chi connectivity index (χ0n) is 11.8. The number of aromatic hydroxyl groups is 1. The summed E-state index contributed by atoms with van der Waals surface area (Å²) in [5, 5.41) is 14.5. The number of phenolic OH excluding ortho intramolecular Hbond substituents is 1. The van der Waals surface area contributed by atoms with Gasteiger partial charge in [0.05, 0.1) is 11.1 Å². The second-order valence-electron chi connectivity index (χ2n) is 5.37. The first-order valence-electron chi connectivity index (χ1n) is 7.25. The van der Waals surface area contributed by atoms with Gasteiger partial charge in [0, 0.05) is 4.88 Å². The van der Waals surface area contributed by atoms with E-state index < -0.39 is 0 Å². The highest BCUT2D eigenvalue weighted by atomic mass is 35.5. The molecule has 0 amide bonds. The number of phenols is 1. The van der Waals surface area contributed by atoms with Crippen LogP contribution in [0.5, 0.6) is 5.75 Å². The Morgan fingerprint density at radius 1 is 1.14 bits per heavy atom. The van der Waals surface area contributed by atoms with Crippen LogP contribution in [0.4, 0.5) is 11.5 Å². The van der Waals surface area contributed by atoms with Crippen LogP contribution in [0.15, 0.2) is 24.3 Å². The number of rotatable bonds is 2. The number of halogens is 1. The molecule has 2 heterocycles. The van der Waals surface area contributed by atoms with E-state index in [2.05, 4.69) is 15.3 Å². The Labute approximate surface area is 136 Å². The average molecular weight is 332 g/mol. The van der Waals surface area contributed by atoms with E-state index in [-0.39, 0.29) is 11.0 Å². The zero-order valence-corrected chi connectivity index (χ0v) is 13.3. The molecule has 0 atom stereocenters. The molecule has 22 heavy (non-hydrogen) atoms. The van der Waals surface area contributed by atoms with Crippen LogP contribution < -0.4 is 5.32 Å². The number of anilines is 2. The highest BCUT2D eigenvalue weighted by molar-refractivity contribution is 7.19. The van der Waals surface area contributed by atoms with Gasteiger partial charge in [0.25, 0.3) is 0 Å². The largest absolute Gasteiger partial charge is 0.506 e. The lowest BCUT2D eigenvalue weighted by molar-refractivity contribution is 0.478. The smallest absolute Gasteiger partial charge is 0.225 e.